The Bertz CT molecular complexity index is 630. The van der Waals surface area contributed by atoms with E-state index in [4.69, 9.17) is 10.8 Å². The zero-order valence-electron chi connectivity index (χ0n) is 13.5. The molecule has 0 aliphatic heterocycles. The van der Waals surface area contributed by atoms with Crippen molar-refractivity contribution in [1.29, 1.82) is 0 Å². The topological polar surface area (TPSA) is 43.8 Å². The van der Waals surface area contributed by atoms with Crippen LogP contribution >= 0.6 is 0 Å². The summed E-state index contributed by atoms with van der Waals surface area (Å²) in [7, 11) is 0. The molecule has 3 rings (SSSR count). The van der Waals surface area contributed by atoms with Crippen LogP contribution in [0.15, 0.2) is 24.3 Å². The van der Waals surface area contributed by atoms with Gasteiger partial charge in [0.15, 0.2) is 0 Å². The maximum absolute atomic E-state index is 6.74. The maximum atomic E-state index is 6.74. The second-order valence-corrected chi connectivity index (χ2v) is 7.02. The van der Waals surface area contributed by atoms with Gasteiger partial charge in [-0.25, -0.2) is 0 Å². The van der Waals surface area contributed by atoms with Gasteiger partial charge in [-0.3, -0.25) is 4.68 Å². The van der Waals surface area contributed by atoms with E-state index in [1.54, 1.807) is 0 Å². The molecule has 1 fully saturated rings. The van der Waals surface area contributed by atoms with E-state index in [2.05, 4.69) is 49.7 Å². The van der Waals surface area contributed by atoms with Gasteiger partial charge in [0.2, 0.25) is 0 Å². The Labute approximate surface area is 127 Å². The normalized spacial score (nSPS) is 29.9. The SMILES string of the molecule is CCn1nc(CC2(N)CCC(C)C(C)C2)c2ccccc21. The molecule has 0 amide bonds. The summed E-state index contributed by atoms with van der Waals surface area (Å²) >= 11 is 0. The number of hydrogen-bond acceptors (Lipinski definition) is 2. The van der Waals surface area contributed by atoms with Crippen molar-refractivity contribution >= 4 is 10.9 Å². The van der Waals surface area contributed by atoms with Crippen LogP contribution in [0, 0.1) is 11.8 Å². The third-order valence-corrected chi connectivity index (χ3v) is 5.35. The van der Waals surface area contributed by atoms with E-state index in [0.29, 0.717) is 5.92 Å². The largest absolute Gasteiger partial charge is 0.325 e. The molecule has 1 aliphatic rings. The lowest BCUT2D eigenvalue weighted by Crippen LogP contribution is -2.47. The van der Waals surface area contributed by atoms with Crippen molar-refractivity contribution in [1.82, 2.24) is 9.78 Å². The van der Waals surface area contributed by atoms with Crippen molar-refractivity contribution in [3.05, 3.63) is 30.0 Å². The smallest absolute Gasteiger partial charge is 0.0721 e. The zero-order chi connectivity index (χ0) is 15.0. The number of benzene rings is 1. The molecule has 3 nitrogen and oxygen atoms in total. The molecule has 3 atom stereocenters. The number of nitrogens with zero attached hydrogens (tertiary/aromatic N) is 2. The molecule has 1 heterocycles. The quantitative estimate of drug-likeness (QED) is 0.933. The summed E-state index contributed by atoms with van der Waals surface area (Å²) in [5.74, 6) is 1.51. The van der Waals surface area contributed by atoms with Crippen LogP contribution in [-0.4, -0.2) is 15.3 Å². The summed E-state index contributed by atoms with van der Waals surface area (Å²) in [6.45, 7) is 7.75. The Morgan fingerprint density at radius 2 is 2.05 bits per heavy atom. The number of aryl methyl sites for hydroxylation is 1. The van der Waals surface area contributed by atoms with Crippen LogP contribution in [0.3, 0.4) is 0 Å². The molecule has 1 saturated carbocycles. The van der Waals surface area contributed by atoms with Gasteiger partial charge in [0.05, 0.1) is 11.2 Å². The van der Waals surface area contributed by atoms with Crippen molar-refractivity contribution < 1.29 is 0 Å². The predicted octanol–water partition coefficient (Wildman–Crippen LogP) is 3.75. The molecule has 3 unspecified atom stereocenters. The summed E-state index contributed by atoms with van der Waals surface area (Å²) in [5, 5.41) is 6.10. The highest BCUT2D eigenvalue weighted by atomic mass is 15.3. The molecule has 21 heavy (non-hydrogen) atoms. The van der Waals surface area contributed by atoms with E-state index in [-0.39, 0.29) is 5.54 Å². The zero-order valence-corrected chi connectivity index (χ0v) is 13.5. The minimum Gasteiger partial charge on any atom is -0.325 e. The lowest BCUT2D eigenvalue weighted by Gasteiger charge is -2.40. The average molecular weight is 285 g/mol. The summed E-state index contributed by atoms with van der Waals surface area (Å²) in [6, 6.07) is 8.52. The first kappa shape index (κ1) is 14.6. The predicted molar refractivity (Wildman–Crippen MR) is 88.2 cm³/mol. The van der Waals surface area contributed by atoms with Crippen LogP contribution < -0.4 is 5.73 Å². The molecule has 1 aliphatic carbocycles. The van der Waals surface area contributed by atoms with Crippen molar-refractivity contribution in [2.75, 3.05) is 0 Å². The van der Waals surface area contributed by atoms with Crippen LogP contribution in [0.1, 0.15) is 45.7 Å². The fraction of sp³-hybridized carbons (Fsp3) is 0.611. The second kappa shape index (κ2) is 5.45. The van der Waals surface area contributed by atoms with Crippen LogP contribution in [0.5, 0.6) is 0 Å². The lowest BCUT2D eigenvalue weighted by molar-refractivity contribution is 0.175. The highest BCUT2D eigenvalue weighted by Gasteiger charge is 2.35. The Morgan fingerprint density at radius 1 is 1.29 bits per heavy atom. The monoisotopic (exact) mass is 285 g/mol. The van der Waals surface area contributed by atoms with Gasteiger partial charge in [0.1, 0.15) is 0 Å². The number of rotatable bonds is 3. The summed E-state index contributed by atoms with van der Waals surface area (Å²) in [5.41, 5.74) is 9.06. The highest BCUT2D eigenvalue weighted by molar-refractivity contribution is 5.82. The van der Waals surface area contributed by atoms with E-state index < -0.39 is 0 Å². The molecule has 1 aromatic heterocycles. The number of nitrogens with two attached hydrogens (primary N) is 1. The Morgan fingerprint density at radius 3 is 2.76 bits per heavy atom. The van der Waals surface area contributed by atoms with E-state index >= 15 is 0 Å². The molecule has 3 heteroatoms. The fourth-order valence-electron chi connectivity index (χ4n) is 3.81. The third-order valence-electron chi connectivity index (χ3n) is 5.35. The summed E-state index contributed by atoms with van der Waals surface area (Å²) in [4.78, 5) is 0. The van der Waals surface area contributed by atoms with E-state index in [0.717, 1.165) is 31.7 Å². The molecule has 2 aromatic rings. The molecule has 1 aromatic carbocycles. The molecule has 0 saturated heterocycles. The summed E-state index contributed by atoms with van der Waals surface area (Å²) < 4.78 is 2.10. The molecule has 114 valence electrons. The minimum absolute atomic E-state index is 0.0817. The molecular formula is C18H27N3. The Hall–Kier alpha value is -1.35. The fourth-order valence-corrected chi connectivity index (χ4v) is 3.81. The van der Waals surface area contributed by atoms with Gasteiger partial charge in [-0.2, -0.15) is 5.10 Å². The Kier molecular flexibility index (Phi) is 3.78. The molecule has 0 spiro atoms. The van der Waals surface area contributed by atoms with Crippen molar-refractivity contribution in [3.63, 3.8) is 0 Å². The molecule has 2 N–H and O–H groups in total. The first-order valence-corrected chi connectivity index (χ1v) is 8.26. The van der Waals surface area contributed by atoms with Gasteiger partial charge in [-0.05, 0) is 44.1 Å². The van der Waals surface area contributed by atoms with Crippen LogP contribution in [0.2, 0.25) is 0 Å². The van der Waals surface area contributed by atoms with Crippen LogP contribution in [0.25, 0.3) is 10.9 Å². The van der Waals surface area contributed by atoms with Crippen molar-refractivity contribution in [2.45, 2.75) is 58.5 Å². The van der Waals surface area contributed by atoms with Crippen LogP contribution in [0.4, 0.5) is 0 Å². The van der Waals surface area contributed by atoms with Crippen molar-refractivity contribution in [3.8, 4) is 0 Å². The average Bonchev–Trinajstić information content (AvgIpc) is 2.81. The highest BCUT2D eigenvalue weighted by Crippen LogP contribution is 2.37. The lowest BCUT2D eigenvalue weighted by atomic mass is 9.70. The van der Waals surface area contributed by atoms with Gasteiger partial charge in [-0.15, -0.1) is 0 Å². The van der Waals surface area contributed by atoms with E-state index in [9.17, 15) is 0 Å². The van der Waals surface area contributed by atoms with Crippen LogP contribution in [-0.2, 0) is 13.0 Å². The van der Waals surface area contributed by atoms with Gasteiger partial charge >= 0.3 is 0 Å². The van der Waals surface area contributed by atoms with Gasteiger partial charge in [0.25, 0.3) is 0 Å². The standard InChI is InChI=1S/C18H27N3/c1-4-21-17-8-6-5-7-15(17)16(20-21)12-18(19)10-9-13(2)14(3)11-18/h5-8,13-14H,4,9-12,19H2,1-3H3. The second-order valence-electron chi connectivity index (χ2n) is 7.02. The molecule has 0 radical (unpaired) electrons. The third kappa shape index (κ3) is 2.71. The number of aromatic nitrogens is 2. The van der Waals surface area contributed by atoms with E-state index in [1.165, 1.54) is 23.0 Å². The first-order chi connectivity index (χ1) is 10.0. The number of fused-ring (bicyclic) bond motifs is 1. The van der Waals surface area contributed by atoms with Gasteiger partial charge in [-0.1, -0.05) is 32.0 Å². The van der Waals surface area contributed by atoms with Gasteiger partial charge < -0.3 is 5.73 Å². The number of para-hydroxylation sites is 1. The van der Waals surface area contributed by atoms with E-state index in [1.807, 2.05) is 0 Å². The van der Waals surface area contributed by atoms with Crippen molar-refractivity contribution in [2.24, 2.45) is 17.6 Å². The molecule has 0 bridgehead atoms. The number of hydrogen-bond donors (Lipinski definition) is 1. The first-order valence-electron chi connectivity index (χ1n) is 8.26. The minimum atomic E-state index is -0.0817. The summed E-state index contributed by atoms with van der Waals surface area (Å²) in [6.07, 6.45) is 4.37. The molecular weight excluding hydrogens is 258 g/mol. The van der Waals surface area contributed by atoms with Gasteiger partial charge in [0, 0.05) is 23.9 Å². The Balaban J connectivity index is 1.91. The maximum Gasteiger partial charge on any atom is 0.0721 e.